The number of hydrogen-bond donors (Lipinski definition) is 2. The molecular weight excluding hydrogens is 266 g/mol. The van der Waals surface area contributed by atoms with Crippen LogP contribution in [0.1, 0.15) is 26.3 Å². The fourth-order valence-corrected chi connectivity index (χ4v) is 2.27. The van der Waals surface area contributed by atoms with E-state index in [0.29, 0.717) is 25.4 Å². The molecule has 1 aromatic rings. The zero-order chi connectivity index (χ0) is 15.8. The number of amidine groups is 1. The van der Waals surface area contributed by atoms with Crippen LogP contribution in [-0.4, -0.2) is 34.9 Å². The van der Waals surface area contributed by atoms with Crippen LogP contribution < -0.4 is 5.73 Å². The zero-order valence-electron chi connectivity index (χ0n) is 13.0. The van der Waals surface area contributed by atoms with Gasteiger partial charge in [-0.15, -0.1) is 0 Å². The minimum absolute atomic E-state index is 0.0361. The van der Waals surface area contributed by atoms with E-state index in [-0.39, 0.29) is 11.7 Å². The Morgan fingerprint density at radius 2 is 1.95 bits per heavy atom. The van der Waals surface area contributed by atoms with Crippen LogP contribution in [0, 0.1) is 11.8 Å². The van der Waals surface area contributed by atoms with Crippen molar-refractivity contribution in [1.29, 1.82) is 0 Å². The van der Waals surface area contributed by atoms with E-state index in [4.69, 9.17) is 10.9 Å². The quantitative estimate of drug-likeness (QED) is 0.349. The molecule has 0 saturated carbocycles. The predicted molar refractivity (Wildman–Crippen MR) is 84.1 cm³/mol. The Balaban J connectivity index is 2.94. The lowest BCUT2D eigenvalue weighted by Gasteiger charge is -2.27. The second-order valence-electron chi connectivity index (χ2n) is 5.54. The van der Waals surface area contributed by atoms with Crippen LogP contribution in [0.4, 0.5) is 0 Å². The number of hydrogen-bond acceptors (Lipinski definition) is 3. The first-order valence-electron chi connectivity index (χ1n) is 7.29. The lowest BCUT2D eigenvalue weighted by Crippen LogP contribution is -2.44. The molecule has 0 bridgehead atoms. The highest BCUT2D eigenvalue weighted by atomic mass is 16.4. The van der Waals surface area contributed by atoms with Crippen molar-refractivity contribution in [3.05, 3.63) is 35.9 Å². The lowest BCUT2D eigenvalue weighted by atomic mass is 9.96. The van der Waals surface area contributed by atoms with Gasteiger partial charge in [0, 0.05) is 13.1 Å². The third-order valence-corrected chi connectivity index (χ3v) is 3.33. The molecule has 0 heterocycles. The number of amides is 1. The minimum atomic E-state index is -0.629. The summed E-state index contributed by atoms with van der Waals surface area (Å²) in [7, 11) is 0. The van der Waals surface area contributed by atoms with Crippen LogP contribution in [0.3, 0.4) is 0 Å². The number of nitrogens with zero attached hydrogens (tertiary/aromatic N) is 2. The molecule has 0 aliphatic heterocycles. The highest BCUT2D eigenvalue weighted by Crippen LogP contribution is 2.14. The fraction of sp³-hybridized carbons (Fsp3) is 0.500. The van der Waals surface area contributed by atoms with Gasteiger partial charge < -0.3 is 15.8 Å². The Kier molecular flexibility index (Phi) is 6.72. The number of rotatable bonds is 7. The molecule has 1 rings (SSSR count). The van der Waals surface area contributed by atoms with Crippen molar-refractivity contribution in [2.75, 3.05) is 13.1 Å². The second kappa shape index (κ2) is 8.29. The molecule has 0 radical (unpaired) electrons. The minimum Gasteiger partial charge on any atom is -0.409 e. The van der Waals surface area contributed by atoms with Crippen molar-refractivity contribution in [3.8, 4) is 0 Å². The van der Waals surface area contributed by atoms with Gasteiger partial charge in [-0.25, -0.2) is 0 Å². The monoisotopic (exact) mass is 291 g/mol. The molecular formula is C16H25N3O2. The molecule has 0 aromatic heterocycles. The van der Waals surface area contributed by atoms with E-state index in [1.807, 2.05) is 37.3 Å². The second-order valence-corrected chi connectivity index (χ2v) is 5.54. The number of carbonyl (C=O) groups excluding carboxylic acids is 1. The van der Waals surface area contributed by atoms with E-state index in [1.165, 1.54) is 0 Å². The summed E-state index contributed by atoms with van der Waals surface area (Å²) < 4.78 is 0. The highest BCUT2D eigenvalue weighted by Gasteiger charge is 2.28. The average Bonchev–Trinajstić information content (AvgIpc) is 2.49. The Hall–Kier alpha value is -2.04. The Morgan fingerprint density at radius 3 is 2.43 bits per heavy atom. The van der Waals surface area contributed by atoms with Gasteiger partial charge in [0.2, 0.25) is 5.91 Å². The normalized spacial score (nSPS) is 13.2. The maximum Gasteiger partial charge on any atom is 0.233 e. The maximum absolute atomic E-state index is 12.7. The maximum atomic E-state index is 12.7. The Bertz CT molecular complexity index is 472. The predicted octanol–water partition coefficient (Wildman–Crippen LogP) is 2.10. The van der Waals surface area contributed by atoms with Gasteiger partial charge >= 0.3 is 0 Å². The van der Waals surface area contributed by atoms with Gasteiger partial charge in [0.05, 0.1) is 0 Å². The van der Waals surface area contributed by atoms with Gasteiger partial charge in [0.15, 0.2) is 5.84 Å². The first kappa shape index (κ1) is 17.0. The van der Waals surface area contributed by atoms with Crippen molar-refractivity contribution in [2.24, 2.45) is 22.7 Å². The molecule has 1 atom stereocenters. The van der Waals surface area contributed by atoms with Gasteiger partial charge in [0.1, 0.15) is 5.92 Å². The molecule has 21 heavy (non-hydrogen) atoms. The smallest absolute Gasteiger partial charge is 0.233 e. The molecule has 116 valence electrons. The van der Waals surface area contributed by atoms with Crippen LogP contribution in [0.25, 0.3) is 0 Å². The van der Waals surface area contributed by atoms with Crippen molar-refractivity contribution >= 4 is 11.7 Å². The third-order valence-electron chi connectivity index (χ3n) is 3.33. The summed E-state index contributed by atoms with van der Waals surface area (Å²) in [5.74, 6) is -0.383. The summed E-state index contributed by atoms with van der Waals surface area (Å²) in [6.07, 6.45) is 0.435. The summed E-state index contributed by atoms with van der Waals surface area (Å²) in [6, 6.07) is 9.61. The average molecular weight is 291 g/mol. The summed E-state index contributed by atoms with van der Waals surface area (Å²) in [5.41, 5.74) is 6.73. The lowest BCUT2D eigenvalue weighted by molar-refractivity contribution is -0.133. The van der Waals surface area contributed by atoms with Crippen molar-refractivity contribution in [3.63, 3.8) is 0 Å². The molecule has 1 aromatic carbocycles. The van der Waals surface area contributed by atoms with Crippen molar-refractivity contribution in [1.82, 2.24) is 4.90 Å². The van der Waals surface area contributed by atoms with E-state index >= 15 is 0 Å². The van der Waals surface area contributed by atoms with E-state index in [1.54, 1.807) is 4.90 Å². The van der Waals surface area contributed by atoms with Gasteiger partial charge in [0.25, 0.3) is 0 Å². The SMILES string of the molecule is CCN(CC(C)C)C(=O)C(Cc1ccccc1)C(N)=NO. The Morgan fingerprint density at radius 1 is 1.33 bits per heavy atom. The van der Waals surface area contributed by atoms with Crippen LogP contribution in [0.5, 0.6) is 0 Å². The molecule has 3 N–H and O–H groups in total. The standard InChI is InChI=1S/C16H25N3O2/c1-4-19(11-12(2)3)16(20)14(15(17)18-21)10-13-8-6-5-7-9-13/h5-9,12,14,21H,4,10-11H2,1-3H3,(H2,17,18). The van der Waals surface area contributed by atoms with Crippen LogP contribution in [-0.2, 0) is 11.2 Å². The molecule has 0 fully saturated rings. The van der Waals surface area contributed by atoms with Crippen LogP contribution >= 0.6 is 0 Å². The van der Waals surface area contributed by atoms with Gasteiger partial charge in [-0.1, -0.05) is 49.3 Å². The molecule has 5 nitrogen and oxygen atoms in total. The molecule has 0 saturated heterocycles. The molecule has 1 unspecified atom stereocenters. The van der Waals surface area contributed by atoms with E-state index < -0.39 is 5.92 Å². The molecule has 5 heteroatoms. The van der Waals surface area contributed by atoms with Crippen LogP contribution in [0.15, 0.2) is 35.5 Å². The third kappa shape index (κ3) is 5.10. The van der Waals surface area contributed by atoms with E-state index in [0.717, 1.165) is 5.56 Å². The largest absolute Gasteiger partial charge is 0.409 e. The molecule has 0 aliphatic rings. The first-order valence-corrected chi connectivity index (χ1v) is 7.29. The summed E-state index contributed by atoms with van der Waals surface area (Å²) in [4.78, 5) is 14.4. The highest BCUT2D eigenvalue weighted by molar-refractivity contribution is 6.02. The zero-order valence-corrected chi connectivity index (χ0v) is 13.0. The van der Waals surface area contributed by atoms with E-state index in [9.17, 15) is 4.79 Å². The van der Waals surface area contributed by atoms with E-state index in [2.05, 4.69) is 19.0 Å². The summed E-state index contributed by atoms with van der Waals surface area (Å²) >= 11 is 0. The van der Waals surface area contributed by atoms with Gasteiger partial charge in [-0.05, 0) is 24.8 Å². The number of oxime groups is 1. The number of benzene rings is 1. The molecule has 0 aliphatic carbocycles. The first-order chi connectivity index (χ1) is 9.99. The van der Waals surface area contributed by atoms with Crippen molar-refractivity contribution < 1.29 is 10.0 Å². The van der Waals surface area contributed by atoms with Crippen LogP contribution in [0.2, 0.25) is 0 Å². The summed E-state index contributed by atoms with van der Waals surface area (Å²) in [6.45, 7) is 7.34. The van der Waals surface area contributed by atoms with Gasteiger partial charge in [-0.3, -0.25) is 4.79 Å². The molecule has 0 spiro atoms. The molecule has 1 amide bonds. The van der Waals surface area contributed by atoms with Crippen molar-refractivity contribution in [2.45, 2.75) is 27.2 Å². The van der Waals surface area contributed by atoms with Gasteiger partial charge in [-0.2, -0.15) is 0 Å². The summed E-state index contributed by atoms with van der Waals surface area (Å²) in [5, 5.41) is 12.0. The Labute approximate surface area is 126 Å². The topological polar surface area (TPSA) is 78.9 Å². The number of carbonyl (C=O) groups is 1. The fourth-order valence-electron chi connectivity index (χ4n) is 2.27. The number of nitrogens with two attached hydrogens (primary N) is 1.